The maximum Gasteiger partial charge on any atom is 0.185 e. The van der Waals surface area contributed by atoms with Crippen molar-refractivity contribution in [3.05, 3.63) is 12.2 Å². The van der Waals surface area contributed by atoms with Gasteiger partial charge in [0, 0.05) is 6.54 Å². The Balaban J connectivity index is 3.06. The SMILES string of the molecule is C=C(C)CNc1snc(N)c1S(=O)(=O)CCC. The molecule has 0 spiro atoms. The fourth-order valence-corrected chi connectivity index (χ4v) is 3.93. The van der Waals surface area contributed by atoms with Gasteiger partial charge < -0.3 is 11.1 Å². The molecule has 0 aliphatic carbocycles. The van der Waals surface area contributed by atoms with Crippen LogP contribution in [0.2, 0.25) is 0 Å². The molecular formula is C10H17N3O2S2. The molecule has 1 rings (SSSR count). The van der Waals surface area contributed by atoms with Gasteiger partial charge in [0.15, 0.2) is 15.7 Å². The molecule has 0 atom stereocenters. The fourth-order valence-electron chi connectivity index (χ4n) is 1.31. The van der Waals surface area contributed by atoms with E-state index in [1.165, 1.54) is 0 Å². The van der Waals surface area contributed by atoms with E-state index in [9.17, 15) is 8.42 Å². The number of nitrogen functional groups attached to an aromatic ring is 1. The maximum atomic E-state index is 12.0. The number of anilines is 2. The average Bonchev–Trinajstić information content (AvgIpc) is 2.57. The van der Waals surface area contributed by atoms with Crippen LogP contribution in [0.15, 0.2) is 17.0 Å². The van der Waals surface area contributed by atoms with Gasteiger partial charge >= 0.3 is 0 Å². The van der Waals surface area contributed by atoms with Gasteiger partial charge in [0.2, 0.25) is 0 Å². The molecule has 0 saturated carbocycles. The van der Waals surface area contributed by atoms with Crippen LogP contribution in [0.4, 0.5) is 10.8 Å². The van der Waals surface area contributed by atoms with Gasteiger partial charge in [-0.05, 0) is 24.9 Å². The smallest absolute Gasteiger partial charge is 0.185 e. The van der Waals surface area contributed by atoms with E-state index in [4.69, 9.17) is 5.73 Å². The van der Waals surface area contributed by atoms with Crippen LogP contribution in [-0.4, -0.2) is 25.1 Å². The number of nitrogens with one attached hydrogen (secondary N) is 1. The van der Waals surface area contributed by atoms with E-state index >= 15 is 0 Å². The van der Waals surface area contributed by atoms with Crippen LogP contribution in [0.5, 0.6) is 0 Å². The molecule has 0 radical (unpaired) electrons. The number of aromatic nitrogens is 1. The van der Waals surface area contributed by atoms with Crippen molar-refractivity contribution in [3.8, 4) is 0 Å². The third-order valence-electron chi connectivity index (χ3n) is 2.01. The van der Waals surface area contributed by atoms with Gasteiger partial charge in [-0.25, -0.2) is 8.42 Å². The van der Waals surface area contributed by atoms with Gasteiger partial charge in [-0.1, -0.05) is 19.1 Å². The summed E-state index contributed by atoms with van der Waals surface area (Å²) in [5, 5.41) is 3.49. The third kappa shape index (κ3) is 3.44. The molecule has 5 nitrogen and oxygen atoms in total. The van der Waals surface area contributed by atoms with Crippen LogP contribution in [0, 0.1) is 0 Å². The molecule has 7 heteroatoms. The van der Waals surface area contributed by atoms with E-state index < -0.39 is 9.84 Å². The number of sulfone groups is 1. The van der Waals surface area contributed by atoms with Crippen LogP contribution < -0.4 is 11.1 Å². The third-order valence-corrected chi connectivity index (χ3v) is 4.94. The van der Waals surface area contributed by atoms with Gasteiger partial charge in [0.1, 0.15) is 9.90 Å². The number of hydrogen-bond donors (Lipinski definition) is 2. The second kappa shape index (κ2) is 5.50. The standard InChI is InChI=1S/C10H17N3O2S2/c1-4-5-17(14,15)8-9(11)13-16-10(8)12-6-7(2)3/h12H,2,4-6H2,1,3H3,(H2,11,13). The van der Waals surface area contributed by atoms with Crippen molar-refractivity contribution in [2.75, 3.05) is 23.3 Å². The van der Waals surface area contributed by atoms with Gasteiger partial charge in [-0.2, -0.15) is 4.37 Å². The summed E-state index contributed by atoms with van der Waals surface area (Å²) in [5.74, 6) is 0.157. The quantitative estimate of drug-likeness (QED) is 0.774. The molecule has 0 unspecified atom stereocenters. The first-order valence-electron chi connectivity index (χ1n) is 5.24. The molecule has 0 aromatic carbocycles. The highest BCUT2D eigenvalue weighted by Crippen LogP contribution is 2.32. The average molecular weight is 275 g/mol. The monoisotopic (exact) mass is 275 g/mol. The van der Waals surface area contributed by atoms with Crippen molar-refractivity contribution >= 4 is 32.2 Å². The molecular weight excluding hydrogens is 258 g/mol. The molecule has 0 amide bonds. The van der Waals surface area contributed by atoms with Gasteiger partial charge in [-0.15, -0.1) is 0 Å². The summed E-state index contributed by atoms with van der Waals surface area (Å²) < 4.78 is 27.9. The molecule has 17 heavy (non-hydrogen) atoms. The summed E-state index contributed by atoms with van der Waals surface area (Å²) in [6, 6.07) is 0. The Kier molecular flexibility index (Phi) is 4.53. The largest absolute Gasteiger partial charge is 0.382 e. The summed E-state index contributed by atoms with van der Waals surface area (Å²) in [7, 11) is -3.35. The summed E-state index contributed by atoms with van der Waals surface area (Å²) in [6.45, 7) is 7.93. The van der Waals surface area contributed by atoms with Crippen LogP contribution in [0.25, 0.3) is 0 Å². The Labute approximate surface area is 106 Å². The normalized spacial score (nSPS) is 11.4. The lowest BCUT2D eigenvalue weighted by Crippen LogP contribution is -2.11. The first-order valence-corrected chi connectivity index (χ1v) is 7.67. The van der Waals surface area contributed by atoms with Gasteiger partial charge in [-0.3, -0.25) is 0 Å². The molecule has 0 aliphatic rings. The lowest BCUT2D eigenvalue weighted by molar-refractivity contribution is 0.595. The zero-order valence-electron chi connectivity index (χ0n) is 9.99. The highest BCUT2D eigenvalue weighted by molar-refractivity contribution is 7.91. The molecule has 0 bridgehead atoms. The Morgan fingerprint density at radius 3 is 2.76 bits per heavy atom. The predicted octanol–water partition coefficient (Wildman–Crippen LogP) is 1.90. The van der Waals surface area contributed by atoms with Crippen LogP contribution >= 0.6 is 11.5 Å². The predicted molar refractivity (Wildman–Crippen MR) is 72.2 cm³/mol. The summed E-state index contributed by atoms with van der Waals surface area (Å²) in [6.07, 6.45) is 0.553. The van der Waals surface area contributed by atoms with Gasteiger partial charge in [0.05, 0.1) is 5.75 Å². The molecule has 1 heterocycles. The van der Waals surface area contributed by atoms with Gasteiger partial charge in [0.25, 0.3) is 0 Å². The number of nitrogens with two attached hydrogens (primary N) is 1. The Morgan fingerprint density at radius 2 is 2.24 bits per heavy atom. The van der Waals surface area contributed by atoms with E-state index in [1.54, 1.807) is 0 Å². The molecule has 0 aliphatic heterocycles. The summed E-state index contributed by atoms with van der Waals surface area (Å²) in [5.41, 5.74) is 6.53. The maximum absolute atomic E-state index is 12.0. The van der Waals surface area contributed by atoms with E-state index in [0.717, 1.165) is 17.1 Å². The minimum atomic E-state index is -3.35. The summed E-state index contributed by atoms with van der Waals surface area (Å²) >= 11 is 1.06. The molecule has 1 aromatic rings. The highest BCUT2D eigenvalue weighted by Gasteiger charge is 2.24. The zero-order chi connectivity index (χ0) is 13.1. The second-order valence-corrected chi connectivity index (χ2v) is 6.67. The van der Waals surface area contributed by atoms with Crippen molar-refractivity contribution in [2.45, 2.75) is 25.2 Å². The number of nitrogens with zero attached hydrogens (tertiary/aromatic N) is 1. The van der Waals surface area contributed by atoms with Crippen LogP contribution in [-0.2, 0) is 9.84 Å². The molecule has 96 valence electrons. The van der Waals surface area contributed by atoms with E-state index in [-0.39, 0.29) is 16.5 Å². The first-order chi connectivity index (χ1) is 7.88. The Hall–Kier alpha value is -1.08. The number of hydrogen-bond acceptors (Lipinski definition) is 6. The molecule has 3 N–H and O–H groups in total. The zero-order valence-corrected chi connectivity index (χ0v) is 11.6. The fraction of sp³-hybridized carbons (Fsp3) is 0.500. The Bertz CT molecular complexity index is 506. The minimum Gasteiger partial charge on any atom is -0.382 e. The lowest BCUT2D eigenvalue weighted by atomic mass is 10.3. The molecule has 0 fully saturated rings. The minimum absolute atomic E-state index is 0.0765. The first kappa shape index (κ1) is 14.0. The van der Waals surface area contributed by atoms with Crippen molar-refractivity contribution in [1.82, 2.24) is 4.37 Å². The van der Waals surface area contributed by atoms with E-state index in [2.05, 4.69) is 16.3 Å². The highest BCUT2D eigenvalue weighted by atomic mass is 32.2. The molecule has 0 saturated heterocycles. The van der Waals surface area contributed by atoms with E-state index in [0.29, 0.717) is 18.0 Å². The lowest BCUT2D eigenvalue weighted by Gasteiger charge is -2.07. The van der Waals surface area contributed by atoms with Crippen molar-refractivity contribution in [1.29, 1.82) is 0 Å². The van der Waals surface area contributed by atoms with Crippen LogP contribution in [0.3, 0.4) is 0 Å². The Morgan fingerprint density at radius 1 is 1.59 bits per heavy atom. The van der Waals surface area contributed by atoms with Crippen LogP contribution in [0.1, 0.15) is 20.3 Å². The van der Waals surface area contributed by atoms with Crippen molar-refractivity contribution in [2.24, 2.45) is 0 Å². The topological polar surface area (TPSA) is 85.1 Å². The second-order valence-electron chi connectivity index (χ2n) is 3.86. The number of rotatable bonds is 6. The van der Waals surface area contributed by atoms with E-state index in [1.807, 2.05) is 13.8 Å². The van der Waals surface area contributed by atoms with Crippen molar-refractivity contribution in [3.63, 3.8) is 0 Å². The van der Waals surface area contributed by atoms with Crippen molar-refractivity contribution < 1.29 is 8.42 Å². The molecule has 1 aromatic heterocycles. The summed E-state index contributed by atoms with van der Waals surface area (Å²) in [4.78, 5) is 0.130.